The molecule has 1 N–H and O–H groups in total. The van der Waals surface area contributed by atoms with Gasteiger partial charge in [-0.1, -0.05) is 6.07 Å². The van der Waals surface area contributed by atoms with Crippen molar-refractivity contribution in [1.29, 1.82) is 0 Å². The molecule has 3 heterocycles. The second-order valence-electron chi connectivity index (χ2n) is 6.43. The Kier molecular flexibility index (Phi) is 3.55. The first-order chi connectivity index (χ1) is 9.95. The quantitative estimate of drug-likeness (QED) is 0.901. The maximum absolute atomic E-state index is 12.2. The molecular weight excluding hydrogens is 264 g/mol. The predicted octanol–water partition coefficient (Wildman–Crippen LogP) is 1.19. The molecule has 5 nitrogen and oxygen atoms in total. The van der Waals surface area contributed by atoms with Gasteiger partial charge in [0.05, 0.1) is 5.69 Å². The van der Waals surface area contributed by atoms with Gasteiger partial charge in [0.15, 0.2) is 0 Å². The van der Waals surface area contributed by atoms with Gasteiger partial charge in [-0.15, -0.1) is 0 Å². The molecule has 1 fully saturated rings. The molecule has 0 bridgehead atoms. The molecule has 3 rings (SSSR count). The molecule has 2 aromatic rings. The number of pyridine rings is 1. The Hall–Kier alpha value is -1.72. The van der Waals surface area contributed by atoms with Gasteiger partial charge in [-0.2, -0.15) is 0 Å². The first-order valence-electron chi connectivity index (χ1n) is 7.40. The van der Waals surface area contributed by atoms with E-state index in [2.05, 4.69) is 29.0 Å². The van der Waals surface area contributed by atoms with Crippen molar-refractivity contribution in [3.63, 3.8) is 0 Å². The van der Waals surface area contributed by atoms with Crippen LogP contribution in [0.25, 0.3) is 5.65 Å². The summed E-state index contributed by atoms with van der Waals surface area (Å²) in [7, 11) is 0. The van der Waals surface area contributed by atoms with Crippen molar-refractivity contribution in [3.05, 3.63) is 46.0 Å². The molecule has 0 unspecified atom stereocenters. The maximum atomic E-state index is 12.2. The van der Waals surface area contributed by atoms with E-state index in [9.17, 15) is 4.79 Å². The first-order valence-corrected chi connectivity index (χ1v) is 7.40. The third-order valence-electron chi connectivity index (χ3n) is 4.19. The van der Waals surface area contributed by atoms with Crippen molar-refractivity contribution in [2.45, 2.75) is 32.9 Å². The van der Waals surface area contributed by atoms with E-state index in [-0.39, 0.29) is 11.1 Å². The third kappa shape index (κ3) is 2.84. The van der Waals surface area contributed by atoms with Crippen molar-refractivity contribution in [2.24, 2.45) is 0 Å². The molecule has 2 aromatic heterocycles. The van der Waals surface area contributed by atoms with Crippen molar-refractivity contribution >= 4 is 5.65 Å². The Morgan fingerprint density at radius 2 is 2.19 bits per heavy atom. The maximum Gasteiger partial charge on any atom is 0.258 e. The second-order valence-corrected chi connectivity index (χ2v) is 6.43. The average molecular weight is 286 g/mol. The number of nitrogens with one attached hydrogen (secondary N) is 1. The number of hydrogen-bond donors (Lipinski definition) is 1. The number of fused-ring (bicyclic) bond motifs is 1. The van der Waals surface area contributed by atoms with Crippen LogP contribution in [0.5, 0.6) is 0 Å². The zero-order chi connectivity index (χ0) is 15.0. The van der Waals surface area contributed by atoms with E-state index >= 15 is 0 Å². The molecule has 0 radical (unpaired) electrons. The van der Waals surface area contributed by atoms with E-state index in [1.165, 1.54) is 0 Å². The lowest BCUT2D eigenvalue weighted by Gasteiger charge is -2.42. The smallest absolute Gasteiger partial charge is 0.258 e. The molecule has 1 saturated heterocycles. The molecule has 0 atom stereocenters. The molecule has 21 heavy (non-hydrogen) atoms. The Balaban J connectivity index is 1.94. The normalized spacial score (nSPS) is 19.0. The fourth-order valence-corrected chi connectivity index (χ4v) is 2.85. The van der Waals surface area contributed by atoms with Crippen LogP contribution < -0.4 is 10.9 Å². The molecule has 0 saturated carbocycles. The summed E-state index contributed by atoms with van der Waals surface area (Å²) in [5.74, 6) is 0. The largest absolute Gasteiger partial charge is 0.314 e. The Bertz CT molecular complexity index is 720. The van der Waals surface area contributed by atoms with Gasteiger partial charge in [-0.25, -0.2) is 4.98 Å². The van der Waals surface area contributed by atoms with Crippen molar-refractivity contribution in [3.8, 4) is 0 Å². The van der Waals surface area contributed by atoms with Crippen LogP contribution in [0.2, 0.25) is 0 Å². The Morgan fingerprint density at radius 1 is 1.38 bits per heavy atom. The van der Waals surface area contributed by atoms with Crippen LogP contribution in [0.4, 0.5) is 0 Å². The lowest BCUT2D eigenvalue weighted by Crippen LogP contribution is -2.57. The summed E-state index contributed by atoms with van der Waals surface area (Å²) in [6.07, 6.45) is 1.84. The molecule has 112 valence electrons. The van der Waals surface area contributed by atoms with Crippen LogP contribution in [0, 0.1) is 6.92 Å². The van der Waals surface area contributed by atoms with E-state index in [4.69, 9.17) is 0 Å². The highest BCUT2D eigenvalue weighted by Gasteiger charge is 2.29. The van der Waals surface area contributed by atoms with Gasteiger partial charge in [-0.05, 0) is 32.4 Å². The number of aromatic nitrogens is 2. The summed E-state index contributed by atoms with van der Waals surface area (Å²) < 4.78 is 1.61. The van der Waals surface area contributed by atoms with Crippen LogP contribution in [0.1, 0.15) is 25.1 Å². The fourth-order valence-electron chi connectivity index (χ4n) is 2.85. The highest BCUT2D eigenvalue weighted by Crippen LogP contribution is 2.18. The summed E-state index contributed by atoms with van der Waals surface area (Å²) in [6.45, 7) is 10.0. The minimum Gasteiger partial charge on any atom is -0.314 e. The number of aryl methyl sites for hydroxylation is 1. The minimum absolute atomic E-state index is 0.00774. The number of nitrogens with zero attached hydrogens (tertiary/aromatic N) is 3. The summed E-state index contributed by atoms with van der Waals surface area (Å²) in [5.41, 5.74) is 2.70. The lowest BCUT2D eigenvalue weighted by atomic mass is 10.00. The van der Waals surface area contributed by atoms with E-state index in [0.717, 1.165) is 36.5 Å². The predicted molar refractivity (Wildman–Crippen MR) is 83.6 cm³/mol. The molecule has 0 spiro atoms. The van der Waals surface area contributed by atoms with E-state index < -0.39 is 0 Å². The number of hydrogen-bond acceptors (Lipinski definition) is 4. The highest BCUT2D eigenvalue weighted by atomic mass is 16.1. The number of rotatable bonds is 2. The van der Waals surface area contributed by atoms with Gasteiger partial charge in [0.25, 0.3) is 5.56 Å². The summed E-state index contributed by atoms with van der Waals surface area (Å²) in [4.78, 5) is 19.3. The van der Waals surface area contributed by atoms with Crippen molar-refractivity contribution < 1.29 is 0 Å². The van der Waals surface area contributed by atoms with Gasteiger partial charge in [-0.3, -0.25) is 14.1 Å². The molecular formula is C16H22N4O. The third-order valence-corrected chi connectivity index (χ3v) is 4.19. The Labute approximate surface area is 124 Å². The van der Waals surface area contributed by atoms with Gasteiger partial charge in [0.2, 0.25) is 0 Å². The summed E-state index contributed by atoms with van der Waals surface area (Å²) >= 11 is 0. The SMILES string of the molecule is Cc1ccc2nc(CN3CCNCC3(C)C)cc(=O)n2c1. The average Bonchev–Trinajstić information content (AvgIpc) is 2.42. The van der Waals surface area contributed by atoms with Crippen LogP contribution in [0.15, 0.2) is 29.2 Å². The lowest BCUT2D eigenvalue weighted by molar-refractivity contribution is 0.0814. The monoisotopic (exact) mass is 286 g/mol. The fraction of sp³-hybridized carbons (Fsp3) is 0.500. The van der Waals surface area contributed by atoms with E-state index in [0.29, 0.717) is 6.54 Å². The first kappa shape index (κ1) is 14.2. The molecule has 0 aromatic carbocycles. The molecule has 0 amide bonds. The van der Waals surface area contributed by atoms with Crippen molar-refractivity contribution in [1.82, 2.24) is 19.6 Å². The van der Waals surface area contributed by atoms with Crippen LogP contribution in [-0.2, 0) is 6.54 Å². The van der Waals surface area contributed by atoms with Gasteiger partial charge >= 0.3 is 0 Å². The van der Waals surface area contributed by atoms with Crippen molar-refractivity contribution in [2.75, 3.05) is 19.6 Å². The van der Waals surface area contributed by atoms with Crippen LogP contribution in [0.3, 0.4) is 0 Å². The highest BCUT2D eigenvalue weighted by molar-refractivity contribution is 5.39. The zero-order valence-corrected chi connectivity index (χ0v) is 12.9. The van der Waals surface area contributed by atoms with Gasteiger partial charge in [0.1, 0.15) is 5.65 Å². The van der Waals surface area contributed by atoms with Crippen LogP contribution >= 0.6 is 0 Å². The summed E-state index contributed by atoms with van der Waals surface area (Å²) in [6, 6.07) is 5.55. The van der Waals surface area contributed by atoms with E-state index in [1.54, 1.807) is 10.5 Å². The van der Waals surface area contributed by atoms with Gasteiger partial charge in [0, 0.05) is 44.0 Å². The van der Waals surface area contributed by atoms with E-state index in [1.807, 2.05) is 25.3 Å². The minimum atomic E-state index is -0.00774. The summed E-state index contributed by atoms with van der Waals surface area (Å²) in [5, 5.41) is 3.41. The standard InChI is InChI=1S/C16H22N4O/c1-12-4-5-14-18-13(8-15(21)20(14)9-12)10-19-7-6-17-11-16(19,2)3/h4-5,8-9,17H,6-7,10-11H2,1-3H3. The molecule has 1 aliphatic rings. The molecule has 1 aliphatic heterocycles. The Morgan fingerprint density at radius 3 is 2.95 bits per heavy atom. The molecule has 0 aliphatic carbocycles. The zero-order valence-electron chi connectivity index (χ0n) is 12.9. The number of piperazine rings is 1. The molecule has 5 heteroatoms. The topological polar surface area (TPSA) is 49.6 Å². The van der Waals surface area contributed by atoms with Crippen LogP contribution in [-0.4, -0.2) is 39.5 Å². The van der Waals surface area contributed by atoms with Gasteiger partial charge < -0.3 is 5.32 Å². The second kappa shape index (κ2) is 5.24.